The molecular weight excluding hydrogens is 314 g/mol. The molecule has 3 heterocycles. The number of hydrogen-bond acceptors (Lipinski definition) is 5. The molecule has 0 radical (unpaired) electrons. The Morgan fingerprint density at radius 3 is 2.88 bits per heavy atom. The average molecular weight is 337 g/mol. The Morgan fingerprint density at radius 2 is 2.04 bits per heavy atom. The molecule has 3 aromatic rings. The molecular formula is C19H23N5O. The number of piperidine rings is 1. The Balaban J connectivity index is 1.34. The number of fused-ring (bicyclic) bond motifs is 1. The highest BCUT2D eigenvalue weighted by Gasteiger charge is 2.32. The third-order valence-corrected chi connectivity index (χ3v) is 5.55. The molecule has 130 valence electrons. The second-order valence-corrected chi connectivity index (χ2v) is 7.41. The summed E-state index contributed by atoms with van der Waals surface area (Å²) in [6.07, 6.45) is 4.73. The van der Waals surface area contributed by atoms with Crippen LogP contribution in [0.25, 0.3) is 11.0 Å². The zero-order valence-electron chi connectivity index (χ0n) is 14.5. The van der Waals surface area contributed by atoms with Crippen LogP contribution in [0.15, 0.2) is 28.8 Å². The number of likely N-dealkylation sites (tertiary alicyclic amines) is 1. The van der Waals surface area contributed by atoms with E-state index in [-0.39, 0.29) is 6.04 Å². The molecule has 1 aliphatic carbocycles. The maximum absolute atomic E-state index is 5.54. The van der Waals surface area contributed by atoms with Crippen molar-refractivity contribution < 1.29 is 4.52 Å². The number of aromatic nitrogens is 4. The van der Waals surface area contributed by atoms with Crippen molar-refractivity contribution in [2.24, 2.45) is 0 Å². The summed E-state index contributed by atoms with van der Waals surface area (Å²) in [6.45, 7) is 4.21. The van der Waals surface area contributed by atoms with E-state index < -0.39 is 0 Å². The second-order valence-electron chi connectivity index (χ2n) is 7.41. The number of aromatic amines is 1. The first kappa shape index (κ1) is 15.1. The maximum atomic E-state index is 5.54. The predicted molar refractivity (Wildman–Crippen MR) is 94.3 cm³/mol. The van der Waals surface area contributed by atoms with Crippen LogP contribution in [0.3, 0.4) is 0 Å². The van der Waals surface area contributed by atoms with E-state index in [2.05, 4.69) is 39.1 Å². The number of para-hydroxylation sites is 2. The van der Waals surface area contributed by atoms with E-state index in [0.29, 0.717) is 11.8 Å². The molecule has 6 nitrogen and oxygen atoms in total. The van der Waals surface area contributed by atoms with Crippen LogP contribution < -0.4 is 0 Å². The van der Waals surface area contributed by atoms with Gasteiger partial charge in [0.15, 0.2) is 5.82 Å². The van der Waals surface area contributed by atoms with Crippen LogP contribution >= 0.6 is 0 Å². The molecule has 2 atom stereocenters. The van der Waals surface area contributed by atoms with Gasteiger partial charge in [0.05, 0.1) is 17.1 Å². The lowest BCUT2D eigenvalue weighted by molar-refractivity contribution is 0.131. The summed E-state index contributed by atoms with van der Waals surface area (Å²) in [7, 11) is 0. The van der Waals surface area contributed by atoms with Gasteiger partial charge in [-0.1, -0.05) is 17.3 Å². The zero-order valence-corrected chi connectivity index (χ0v) is 14.5. The Kier molecular flexibility index (Phi) is 3.59. The van der Waals surface area contributed by atoms with E-state index in [0.717, 1.165) is 48.1 Å². The highest BCUT2D eigenvalue weighted by molar-refractivity contribution is 5.74. The first-order valence-corrected chi connectivity index (χ1v) is 9.30. The molecule has 0 amide bonds. The Hall–Kier alpha value is -2.21. The van der Waals surface area contributed by atoms with Gasteiger partial charge in [-0.05, 0) is 51.3 Å². The average Bonchev–Trinajstić information content (AvgIpc) is 3.22. The molecule has 1 aliphatic heterocycles. The van der Waals surface area contributed by atoms with Gasteiger partial charge in [-0.25, -0.2) is 4.98 Å². The SMILES string of the molecule is C[C@H](c1nc(C2CC2)no1)N1CCC[C@@H](c2nc3ccccc3[nH]2)C1. The number of H-pyrrole nitrogens is 1. The number of hydrogen-bond donors (Lipinski definition) is 1. The molecule has 1 N–H and O–H groups in total. The topological polar surface area (TPSA) is 70.8 Å². The number of imidazole rings is 1. The van der Waals surface area contributed by atoms with Gasteiger partial charge in [0.2, 0.25) is 5.89 Å². The quantitative estimate of drug-likeness (QED) is 0.785. The van der Waals surface area contributed by atoms with Crippen LogP contribution in [-0.4, -0.2) is 38.1 Å². The summed E-state index contributed by atoms with van der Waals surface area (Å²) in [6, 6.07) is 8.40. The number of benzene rings is 1. The van der Waals surface area contributed by atoms with Gasteiger partial charge < -0.3 is 9.51 Å². The predicted octanol–water partition coefficient (Wildman–Crippen LogP) is 3.76. The summed E-state index contributed by atoms with van der Waals surface area (Å²) < 4.78 is 5.54. The normalized spacial score (nSPS) is 23.2. The first-order chi connectivity index (χ1) is 12.3. The first-order valence-electron chi connectivity index (χ1n) is 9.30. The minimum Gasteiger partial charge on any atom is -0.342 e. The Bertz CT molecular complexity index is 848. The molecule has 2 aromatic heterocycles. The Morgan fingerprint density at radius 1 is 1.16 bits per heavy atom. The van der Waals surface area contributed by atoms with Crippen LogP contribution in [-0.2, 0) is 0 Å². The third-order valence-electron chi connectivity index (χ3n) is 5.55. The zero-order chi connectivity index (χ0) is 16.8. The molecule has 1 saturated heterocycles. The van der Waals surface area contributed by atoms with Crippen LogP contribution in [0.2, 0.25) is 0 Å². The van der Waals surface area contributed by atoms with Crippen LogP contribution in [0.1, 0.15) is 68.0 Å². The fourth-order valence-electron chi connectivity index (χ4n) is 3.83. The smallest absolute Gasteiger partial charge is 0.243 e. The number of rotatable bonds is 4. The molecule has 0 spiro atoms. The van der Waals surface area contributed by atoms with E-state index in [9.17, 15) is 0 Å². The second kappa shape index (κ2) is 5.95. The standard InChI is InChI=1S/C19H23N5O/c1-12(19-22-18(23-25-19)13-8-9-13)24-10-4-5-14(11-24)17-20-15-6-2-3-7-16(15)21-17/h2-3,6-7,12-14H,4-5,8-11H2,1H3,(H,20,21)/t12-,14-/m1/s1. The highest BCUT2D eigenvalue weighted by atomic mass is 16.5. The third kappa shape index (κ3) is 2.84. The van der Waals surface area contributed by atoms with Crippen molar-refractivity contribution in [1.29, 1.82) is 0 Å². The van der Waals surface area contributed by atoms with E-state index in [1.165, 1.54) is 19.3 Å². The highest BCUT2D eigenvalue weighted by Crippen LogP contribution is 2.39. The molecule has 5 rings (SSSR count). The van der Waals surface area contributed by atoms with Crippen LogP contribution in [0, 0.1) is 0 Å². The molecule has 2 aliphatic rings. The van der Waals surface area contributed by atoms with Crippen molar-refractivity contribution in [3.05, 3.63) is 41.8 Å². The summed E-state index contributed by atoms with van der Waals surface area (Å²) in [5.74, 6) is 3.71. The molecule has 2 fully saturated rings. The molecule has 25 heavy (non-hydrogen) atoms. The molecule has 0 unspecified atom stereocenters. The number of nitrogens with zero attached hydrogens (tertiary/aromatic N) is 4. The van der Waals surface area contributed by atoms with Crippen molar-refractivity contribution in [1.82, 2.24) is 25.0 Å². The largest absolute Gasteiger partial charge is 0.342 e. The minimum absolute atomic E-state index is 0.159. The summed E-state index contributed by atoms with van der Waals surface area (Å²) >= 11 is 0. The maximum Gasteiger partial charge on any atom is 0.243 e. The van der Waals surface area contributed by atoms with E-state index in [1.807, 2.05) is 12.1 Å². The lowest BCUT2D eigenvalue weighted by Crippen LogP contribution is -2.36. The van der Waals surface area contributed by atoms with Crippen molar-refractivity contribution in [3.63, 3.8) is 0 Å². The summed E-state index contributed by atoms with van der Waals surface area (Å²) in [4.78, 5) is 15.4. The molecule has 0 bridgehead atoms. The van der Waals surface area contributed by atoms with Crippen molar-refractivity contribution in [3.8, 4) is 0 Å². The van der Waals surface area contributed by atoms with E-state index >= 15 is 0 Å². The molecule has 6 heteroatoms. The van der Waals surface area contributed by atoms with Gasteiger partial charge in [0.1, 0.15) is 5.82 Å². The lowest BCUT2D eigenvalue weighted by Gasteiger charge is -2.34. The minimum atomic E-state index is 0.159. The summed E-state index contributed by atoms with van der Waals surface area (Å²) in [5, 5.41) is 4.17. The fraction of sp³-hybridized carbons (Fsp3) is 0.526. The molecule has 1 aromatic carbocycles. The van der Waals surface area contributed by atoms with Crippen molar-refractivity contribution >= 4 is 11.0 Å². The molecule has 1 saturated carbocycles. The summed E-state index contributed by atoms with van der Waals surface area (Å²) in [5.41, 5.74) is 2.17. The Labute approximate surface area is 146 Å². The number of nitrogens with one attached hydrogen (secondary N) is 1. The van der Waals surface area contributed by atoms with Crippen molar-refractivity contribution in [2.45, 2.75) is 50.5 Å². The van der Waals surface area contributed by atoms with Gasteiger partial charge >= 0.3 is 0 Å². The lowest BCUT2D eigenvalue weighted by atomic mass is 9.96. The van der Waals surface area contributed by atoms with Gasteiger partial charge in [-0.3, -0.25) is 4.90 Å². The van der Waals surface area contributed by atoms with Gasteiger partial charge in [0, 0.05) is 18.4 Å². The van der Waals surface area contributed by atoms with Crippen molar-refractivity contribution in [2.75, 3.05) is 13.1 Å². The van der Waals surface area contributed by atoms with E-state index in [1.54, 1.807) is 0 Å². The van der Waals surface area contributed by atoms with Gasteiger partial charge in [0.25, 0.3) is 0 Å². The van der Waals surface area contributed by atoms with Crippen LogP contribution in [0.5, 0.6) is 0 Å². The monoisotopic (exact) mass is 337 g/mol. The van der Waals surface area contributed by atoms with Gasteiger partial charge in [-0.15, -0.1) is 0 Å². The van der Waals surface area contributed by atoms with Crippen LogP contribution in [0.4, 0.5) is 0 Å². The van der Waals surface area contributed by atoms with E-state index in [4.69, 9.17) is 9.51 Å². The fourth-order valence-corrected chi connectivity index (χ4v) is 3.83. The van der Waals surface area contributed by atoms with Gasteiger partial charge in [-0.2, -0.15) is 4.98 Å².